The first kappa shape index (κ1) is 18.4. The molecule has 0 saturated carbocycles. The van der Waals surface area contributed by atoms with Crippen molar-refractivity contribution in [3.05, 3.63) is 23.0 Å². The zero-order valence-electron chi connectivity index (χ0n) is 12.9. The molecule has 23 heavy (non-hydrogen) atoms. The van der Waals surface area contributed by atoms with Gasteiger partial charge < -0.3 is 27.0 Å². The molecule has 0 radical (unpaired) electrons. The highest BCUT2D eigenvalue weighted by Gasteiger charge is 2.17. The Hall–Kier alpha value is -2.68. The molecule has 0 bridgehead atoms. The fourth-order valence-corrected chi connectivity index (χ4v) is 1.79. The number of aromatic nitrogens is 1. The zero-order chi connectivity index (χ0) is 17.4. The summed E-state index contributed by atoms with van der Waals surface area (Å²) in [6.07, 6.45) is 2.74. The second kappa shape index (κ2) is 8.69. The molecular weight excluding hydrogens is 302 g/mol. The predicted octanol–water partition coefficient (Wildman–Crippen LogP) is -0.668. The molecular formula is C14H21N5O4. The summed E-state index contributed by atoms with van der Waals surface area (Å²) in [5, 5.41) is 9.75. The Kier molecular flexibility index (Phi) is 6.94. The first-order valence-corrected chi connectivity index (χ1v) is 6.97. The van der Waals surface area contributed by atoms with E-state index in [1.807, 2.05) is 0 Å². The molecule has 1 aromatic rings. The van der Waals surface area contributed by atoms with Gasteiger partial charge in [0.15, 0.2) is 12.2 Å². The molecule has 9 heteroatoms. The van der Waals surface area contributed by atoms with Gasteiger partial charge in [-0.05, 0) is 19.8 Å². The van der Waals surface area contributed by atoms with Crippen LogP contribution in [-0.2, 0) is 16.1 Å². The van der Waals surface area contributed by atoms with Crippen LogP contribution in [0.2, 0.25) is 0 Å². The number of ether oxygens (including phenoxy) is 1. The minimum atomic E-state index is -0.823. The number of pyridine rings is 1. The van der Waals surface area contributed by atoms with Crippen LogP contribution < -0.4 is 17.2 Å². The molecule has 1 atom stereocenters. The Labute approximate surface area is 133 Å². The van der Waals surface area contributed by atoms with Crippen molar-refractivity contribution in [2.75, 3.05) is 6.54 Å². The highest BCUT2D eigenvalue weighted by molar-refractivity contribution is 5.82. The number of carbonyl (C=O) groups is 2. The number of aryl methyl sites for hydroxylation is 1. The lowest BCUT2D eigenvalue weighted by molar-refractivity contribution is -0.146. The lowest BCUT2D eigenvalue weighted by Crippen LogP contribution is -2.32. The van der Waals surface area contributed by atoms with Gasteiger partial charge in [0.1, 0.15) is 18.4 Å². The van der Waals surface area contributed by atoms with E-state index in [-0.39, 0.29) is 23.9 Å². The highest BCUT2D eigenvalue weighted by Crippen LogP contribution is 2.22. The van der Waals surface area contributed by atoms with Crippen LogP contribution in [0.5, 0.6) is 5.75 Å². The van der Waals surface area contributed by atoms with Crippen LogP contribution in [0.15, 0.2) is 11.2 Å². The summed E-state index contributed by atoms with van der Waals surface area (Å²) in [5.74, 6) is -0.865. The SMILES string of the molecule is Cc1ncc(COC(=O)[C@@H](N)CCCN=C(N)N)c(C=O)c1O. The molecule has 0 unspecified atom stereocenters. The molecule has 7 N–H and O–H groups in total. The Bertz CT molecular complexity index is 599. The van der Waals surface area contributed by atoms with E-state index in [0.29, 0.717) is 36.9 Å². The minimum Gasteiger partial charge on any atom is -0.505 e. The fraction of sp³-hybridized carbons (Fsp3) is 0.429. The molecule has 126 valence electrons. The Morgan fingerprint density at radius 3 is 2.83 bits per heavy atom. The summed E-state index contributed by atoms with van der Waals surface area (Å²) < 4.78 is 5.05. The maximum Gasteiger partial charge on any atom is 0.323 e. The van der Waals surface area contributed by atoms with Crippen molar-refractivity contribution in [1.29, 1.82) is 0 Å². The summed E-state index contributed by atoms with van der Waals surface area (Å²) in [7, 11) is 0. The van der Waals surface area contributed by atoms with Crippen molar-refractivity contribution in [3.63, 3.8) is 0 Å². The van der Waals surface area contributed by atoms with Gasteiger partial charge in [-0.15, -0.1) is 0 Å². The molecule has 0 spiro atoms. The van der Waals surface area contributed by atoms with Crippen molar-refractivity contribution in [3.8, 4) is 5.75 Å². The molecule has 0 fully saturated rings. The molecule has 0 aliphatic heterocycles. The van der Waals surface area contributed by atoms with Crippen LogP contribution in [0, 0.1) is 6.92 Å². The second-order valence-corrected chi connectivity index (χ2v) is 4.91. The Balaban J connectivity index is 2.54. The average molecular weight is 323 g/mol. The normalized spacial score (nSPS) is 11.6. The summed E-state index contributed by atoms with van der Waals surface area (Å²) >= 11 is 0. The third kappa shape index (κ3) is 5.55. The van der Waals surface area contributed by atoms with E-state index in [0.717, 1.165) is 0 Å². The van der Waals surface area contributed by atoms with Crippen LogP contribution >= 0.6 is 0 Å². The Morgan fingerprint density at radius 1 is 1.52 bits per heavy atom. The number of hydrogen-bond donors (Lipinski definition) is 4. The molecule has 1 aromatic heterocycles. The summed E-state index contributed by atoms with van der Waals surface area (Å²) in [5.41, 5.74) is 16.7. The number of rotatable bonds is 8. The van der Waals surface area contributed by atoms with E-state index < -0.39 is 12.0 Å². The van der Waals surface area contributed by atoms with Crippen molar-refractivity contribution in [1.82, 2.24) is 4.98 Å². The summed E-state index contributed by atoms with van der Waals surface area (Å²) in [4.78, 5) is 30.5. The van der Waals surface area contributed by atoms with E-state index in [1.165, 1.54) is 6.20 Å². The number of guanidine groups is 1. The quantitative estimate of drug-likeness (QED) is 0.161. The van der Waals surface area contributed by atoms with Gasteiger partial charge in [-0.1, -0.05) is 0 Å². The maximum absolute atomic E-state index is 11.8. The van der Waals surface area contributed by atoms with E-state index >= 15 is 0 Å². The summed E-state index contributed by atoms with van der Waals surface area (Å²) in [6, 6.07) is -0.823. The fourth-order valence-electron chi connectivity index (χ4n) is 1.79. The second-order valence-electron chi connectivity index (χ2n) is 4.91. The van der Waals surface area contributed by atoms with Crippen molar-refractivity contribution in [2.45, 2.75) is 32.4 Å². The number of aromatic hydroxyl groups is 1. The number of carbonyl (C=O) groups excluding carboxylic acids is 2. The number of hydrogen-bond acceptors (Lipinski definition) is 7. The van der Waals surface area contributed by atoms with Crippen LogP contribution in [0.3, 0.4) is 0 Å². The third-order valence-corrected chi connectivity index (χ3v) is 3.12. The van der Waals surface area contributed by atoms with Gasteiger partial charge in [0.05, 0.1) is 11.3 Å². The van der Waals surface area contributed by atoms with Gasteiger partial charge in [0.2, 0.25) is 0 Å². The van der Waals surface area contributed by atoms with Gasteiger partial charge in [0, 0.05) is 18.3 Å². The van der Waals surface area contributed by atoms with E-state index in [9.17, 15) is 14.7 Å². The van der Waals surface area contributed by atoms with E-state index in [4.69, 9.17) is 21.9 Å². The van der Waals surface area contributed by atoms with Gasteiger partial charge in [0.25, 0.3) is 0 Å². The van der Waals surface area contributed by atoms with Gasteiger partial charge >= 0.3 is 5.97 Å². The smallest absolute Gasteiger partial charge is 0.323 e. The summed E-state index contributed by atoms with van der Waals surface area (Å²) in [6.45, 7) is 1.73. The first-order chi connectivity index (χ1) is 10.9. The average Bonchev–Trinajstić information content (AvgIpc) is 2.51. The van der Waals surface area contributed by atoms with Crippen molar-refractivity contribution in [2.24, 2.45) is 22.2 Å². The van der Waals surface area contributed by atoms with Crippen molar-refractivity contribution >= 4 is 18.2 Å². The maximum atomic E-state index is 11.8. The first-order valence-electron chi connectivity index (χ1n) is 6.97. The van der Waals surface area contributed by atoms with Gasteiger partial charge in [-0.3, -0.25) is 19.6 Å². The third-order valence-electron chi connectivity index (χ3n) is 3.12. The Morgan fingerprint density at radius 2 is 2.22 bits per heavy atom. The van der Waals surface area contributed by atoms with Crippen LogP contribution in [0.1, 0.15) is 34.5 Å². The highest BCUT2D eigenvalue weighted by atomic mass is 16.5. The largest absolute Gasteiger partial charge is 0.505 e. The topological polar surface area (TPSA) is 167 Å². The standard InChI is InChI=1S/C14H21N5O4/c1-8-12(21)10(6-20)9(5-19-8)7-23-13(22)11(15)3-2-4-18-14(16)17/h5-6,11,21H,2-4,7,15H2,1H3,(H4,16,17,18)/t11-/m0/s1. The van der Waals surface area contributed by atoms with Gasteiger partial charge in [-0.25, -0.2) is 0 Å². The predicted molar refractivity (Wildman–Crippen MR) is 83.7 cm³/mol. The van der Waals surface area contributed by atoms with E-state index in [1.54, 1.807) is 6.92 Å². The molecule has 0 aliphatic rings. The lowest BCUT2D eigenvalue weighted by atomic mass is 10.1. The van der Waals surface area contributed by atoms with E-state index in [2.05, 4.69) is 9.98 Å². The van der Waals surface area contributed by atoms with Gasteiger partial charge in [-0.2, -0.15) is 0 Å². The number of nitrogens with two attached hydrogens (primary N) is 3. The number of aldehydes is 1. The number of esters is 1. The molecule has 0 aliphatic carbocycles. The van der Waals surface area contributed by atoms with Crippen LogP contribution in [0.4, 0.5) is 0 Å². The number of aliphatic imine (C=N–C) groups is 1. The minimum absolute atomic E-state index is 0.0192. The molecule has 0 aromatic carbocycles. The van der Waals surface area contributed by atoms with Crippen molar-refractivity contribution < 1.29 is 19.4 Å². The van der Waals surface area contributed by atoms with Crippen LogP contribution in [-0.4, -0.2) is 40.9 Å². The molecule has 0 amide bonds. The molecule has 1 heterocycles. The molecule has 1 rings (SSSR count). The number of nitrogens with zero attached hydrogens (tertiary/aromatic N) is 2. The zero-order valence-corrected chi connectivity index (χ0v) is 12.9. The monoisotopic (exact) mass is 323 g/mol. The molecule has 9 nitrogen and oxygen atoms in total. The molecule has 0 saturated heterocycles. The van der Waals surface area contributed by atoms with Crippen LogP contribution in [0.25, 0.3) is 0 Å². The lowest BCUT2D eigenvalue weighted by Gasteiger charge is -2.12.